The highest BCUT2D eigenvalue weighted by Gasteiger charge is 2.20. The molecule has 0 aliphatic rings. The molecule has 0 aliphatic heterocycles. The van der Waals surface area contributed by atoms with Gasteiger partial charge < -0.3 is 0 Å². The SMILES string of the molecule is O=S(=O)(O)CNN=Nc1ccc(S(=O)(=O)O)cc1S(=O)(=O)O. The Morgan fingerprint density at radius 3 is 2.00 bits per heavy atom. The van der Waals surface area contributed by atoms with Crippen LogP contribution in [0.25, 0.3) is 0 Å². The molecule has 0 aliphatic carbocycles. The van der Waals surface area contributed by atoms with E-state index in [9.17, 15) is 25.3 Å². The molecule has 0 aromatic heterocycles. The summed E-state index contributed by atoms with van der Waals surface area (Å²) in [5.74, 6) is -1.01. The largest absolute Gasteiger partial charge is 0.296 e. The number of hydrogen-bond donors (Lipinski definition) is 4. The topological polar surface area (TPSA) is 200 Å². The average molecular weight is 375 g/mol. The van der Waals surface area contributed by atoms with E-state index < -0.39 is 51.7 Å². The molecule has 22 heavy (non-hydrogen) atoms. The second-order valence-corrected chi connectivity index (χ2v) is 7.93. The molecule has 124 valence electrons. The van der Waals surface area contributed by atoms with Crippen molar-refractivity contribution < 1.29 is 38.9 Å². The van der Waals surface area contributed by atoms with Crippen molar-refractivity contribution >= 4 is 36.0 Å². The molecule has 0 bridgehead atoms. The second kappa shape index (κ2) is 6.23. The monoisotopic (exact) mass is 375 g/mol. The number of hydrogen-bond acceptors (Lipinski definition) is 8. The summed E-state index contributed by atoms with van der Waals surface area (Å²) in [6, 6.07) is 2.01. The normalized spacial score (nSPS) is 13.4. The van der Waals surface area contributed by atoms with Gasteiger partial charge in [0, 0.05) is 0 Å². The Morgan fingerprint density at radius 2 is 1.55 bits per heavy atom. The lowest BCUT2D eigenvalue weighted by Crippen LogP contribution is -2.16. The van der Waals surface area contributed by atoms with Crippen LogP contribution in [0.4, 0.5) is 5.69 Å². The van der Waals surface area contributed by atoms with Crippen molar-refractivity contribution in [1.29, 1.82) is 0 Å². The summed E-state index contributed by atoms with van der Waals surface area (Å²) in [7, 11) is -14.0. The molecule has 0 fully saturated rings. The zero-order valence-electron chi connectivity index (χ0n) is 10.3. The van der Waals surface area contributed by atoms with Gasteiger partial charge in [-0.1, -0.05) is 5.22 Å². The Morgan fingerprint density at radius 1 is 0.955 bits per heavy atom. The predicted molar refractivity (Wildman–Crippen MR) is 70.1 cm³/mol. The van der Waals surface area contributed by atoms with Crippen molar-refractivity contribution in [2.24, 2.45) is 10.3 Å². The molecule has 0 unspecified atom stereocenters. The molecular weight excluding hydrogens is 366 g/mol. The first-order valence-electron chi connectivity index (χ1n) is 4.98. The lowest BCUT2D eigenvalue weighted by molar-refractivity contribution is 0.474. The summed E-state index contributed by atoms with van der Waals surface area (Å²) in [5.41, 5.74) is 1.23. The molecular formula is C7H9N3O9S3. The molecule has 0 heterocycles. The van der Waals surface area contributed by atoms with Crippen LogP contribution in [0, 0.1) is 0 Å². The molecule has 12 nitrogen and oxygen atoms in total. The maximum Gasteiger partial charge on any atom is 0.296 e. The van der Waals surface area contributed by atoms with Gasteiger partial charge in [-0.3, -0.25) is 19.1 Å². The molecule has 15 heteroatoms. The van der Waals surface area contributed by atoms with Crippen LogP contribution in [-0.4, -0.2) is 44.8 Å². The third-order valence-corrected chi connectivity index (χ3v) is 4.21. The van der Waals surface area contributed by atoms with Gasteiger partial charge in [-0.15, -0.1) is 5.11 Å². The third-order valence-electron chi connectivity index (χ3n) is 1.98. The summed E-state index contributed by atoms with van der Waals surface area (Å²) in [6.07, 6.45) is 0. The minimum atomic E-state index is -4.91. The molecule has 0 spiro atoms. The van der Waals surface area contributed by atoms with Crippen LogP contribution >= 0.6 is 0 Å². The van der Waals surface area contributed by atoms with Crippen molar-refractivity contribution in [3.63, 3.8) is 0 Å². The van der Waals surface area contributed by atoms with Crippen molar-refractivity contribution in [1.82, 2.24) is 5.43 Å². The van der Waals surface area contributed by atoms with Crippen LogP contribution in [-0.2, 0) is 30.4 Å². The molecule has 1 aromatic rings. The highest BCUT2D eigenvalue weighted by Crippen LogP contribution is 2.27. The van der Waals surface area contributed by atoms with Gasteiger partial charge in [0.1, 0.15) is 10.6 Å². The van der Waals surface area contributed by atoms with Gasteiger partial charge in [-0.25, -0.2) is 0 Å². The van der Waals surface area contributed by atoms with E-state index >= 15 is 0 Å². The van der Waals surface area contributed by atoms with Gasteiger partial charge in [-0.2, -0.15) is 25.3 Å². The first-order chi connectivity index (χ1) is 9.81. The number of nitrogens with one attached hydrogen (secondary N) is 1. The lowest BCUT2D eigenvalue weighted by Gasteiger charge is -2.04. The van der Waals surface area contributed by atoms with Gasteiger partial charge in [0.2, 0.25) is 0 Å². The van der Waals surface area contributed by atoms with E-state index in [0.29, 0.717) is 6.07 Å². The lowest BCUT2D eigenvalue weighted by atomic mass is 10.3. The second-order valence-electron chi connectivity index (χ2n) is 3.66. The first kappa shape index (κ1) is 18.4. The maximum absolute atomic E-state index is 11.1. The number of nitrogens with zero attached hydrogens (tertiary/aromatic N) is 2. The molecule has 1 aromatic carbocycles. The van der Waals surface area contributed by atoms with Crippen molar-refractivity contribution in [2.45, 2.75) is 9.79 Å². The third kappa shape index (κ3) is 5.62. The molecule has 0 radical (unpaired) electrons. The zero-order valence-corrected chi connectivity index (χ0v) is 12.8. The van der Waals surface area contributed by atoms with E-state index in [2.05, 4.69) is 10.3 Å². The van der Waals surface area contributed by atoms with Gasteiger partial charge in [0.25, 0.3) is 30.4 Å². The predicted octanol–water partition coefficient (Wildman–Crippen LogP) is -0.386. The Labute approximate surface area is 125 Å². The highest BCUT2D eigenvalue weighted by atomic mass is 32.2. The van der Waals surface area contributed by atoms with E-state index in [0.717, 1.165) is 12.1 Å². The Bertz CT molecular complexity index is 902. The van der Waals surface area contributed by atoms with Gasteiger partial charge in [0.05, 0.1) is 4.90 Å². The molecule has 0 saturated heterocycles. The Kier molecular flexibility index (Phi) is 5.21. The average Bonchev–Trinajstić information content (AvgIpc) is 2.31. The Balaban J connectivity index is 3.23. The maximum atomic E-state index is 11.1. The first-order valence-corrected chi connectivity index (χ1v) is 9.47. The minimum Gasteiger partial charge on any atom is -0.284 e. The fourth-order valence-corrected chi connectivity index (χ4v) is 2.60. The molecule has 0 atom stereocenters. The minimum absolute atomic E-state index is 0.432. The fourth-order valence-electron chi connectivity index (χ4n) is 1.14. The standard InChI is InChI=1S/C7H9N3O9S3/c11-20(12,13)4-8-10-9-6-2-1-5(21(14,15)16)3-7(6)22(17,18)19/h1-3H,4H2,(H,8,9)(H,11,12,13)(H,14,15,16)(H,17,18,19). The van der Waals surface area contributed by atoms with Crippen LogP contribution in [0.2, 0.25) is 0 Å². The van der Waals surface area contributed by atoms with Crippen LogP contribution < -0.4 is 5.43 Å². The molecule has 0 amide bonds. The molecule has 1 rings (SSSR count). The fraction of sp³-hybridized carbons (Fsp3) is 0.143. The van der Waals surface area contributed by atoms with E-state index in [-0.39, 0.29) is 0 Å². The van der Waals surface area contributed by atoms with Gasteiger partial charge >= 0.3 is 0 Å². The molecule has 0 saturated carbocycles. The van der Waals surface area contributed by atoms with E-state index in [4.69, 9.17) is 13.7 Å². The summed E-state index contributed by atoms with van der Waals surface area (Å²) in [4.78, 5) is -1.80. The van der Waals surface area contributed by atoms with E-state index in [1.165, 1.54) is 0 Å². The zero-order chi connectivity index (χ0) is 17.2. The van der Waals surface area contributed by atoms with Crippen molar-refractivity contribution in [3.8, 4) is 0 Å². The quantitative estimate of drug-likeness (QED) is 0.288. The van der Waals surface area contributed by atoms with Gasteiger partial charge in [0.15, 0.2) is 5.88 Å². The molecule has 4 N–H and O–H groups in total. The van der Waals surface area contributed by atoms with Crippen molar-refractivity contribution in [3.05, 3.63) is 18.2 Å². The van der Waals surface area contributed by atoms with Crippen molar-refractivity contribution in [2.75, 3.05) is 5.88 Å². The smallest absolute Gasteiger partial charge is 0.284 e. The summed E-state index contributed by atoms with van der Waals surface area (Å²) >= 11 is 0. The van der Waals surface area contributed by atoms with E-state index in [1.807, 2.05) is 0 Å². The Hall–Kier alpha value is -1.65. The number of benzene rings is 1. The van der Waals surface area contributed by atoms with Crippen LogP contribution in [0.5, 0.6) is 0 Å². The summed E-state index contributed by atoms with van der Waals surface area (Å²) in [6.45, 7) is 0. The van der Waals surface area contributed by atoms with E-state index in [1.54, 1.807) is 5.43 Å². The summed E-state index contributed by atoms with van der Waals surface area (Å²) < 4.78 is 91.1. The summed E-state index contributed by atoms with van der Waals surface area (Å²) in [5, 5.41) is 6.26. The van der Waals surface area contributed by atoms with Gasteiger partial charge in [-0.05, 0) is 18.2 Å². The van der Waals surface area contributed by atoms with Crippen LogP contribution in [0.15, 0.2) is 38.3 Å². The highest BCUT2D eigenvalue weighted by molar-refractivity contribution is 7.86. The van der Waals surface area contributed by atoms with Crippen LogP contribution in [0.3, 0.4) is 0 Å². The number of rotatable bonds is 6. The van der Waals surface area contributed by atoms with Crippen LogP contribution in [0.1, 0.15) is 0 Å².